The first-order valence-electron chi connectivity index (χ1n) is 8.84. The molecule has 4 heteroatoms. The molecular formula is C20H32Cl2N2. The number of unbranched alkanes of at least 4 members (excludes halogenated alkanes) is 2. The van der Waals surface area contributed by atoms with Gasteiger partial charge < -0.3 is 17.3 Å². The van der Waals surface area contributed by atoms with Gasteiger partial charge in [-0.15, -0.1) is 0 Å². The highest BCUT2D eigenvalue weighted by Gasteiger charge is 2.14. The number of hydrogen-bond donors (Lipinski definition) is 0. The topological polar surface area (TPSA) is 7.12 Å². The predicted molar refractivity (Wildman–Crippen MR) is 100 cm³/mol. The minimum Gasteiger partial charge on any atom is -1.00 e. The van der Waals surface area contributed by atoms with Crippen molar-refractivity contribution < 1.29 is 17.0 Å². The molecule has 1 aromatic heterocycles. The van der Waals surface area contributed by atoms with E-state index in [1.54, 1.807) is 0 Å². The molecule has 1 atom stereocenters. The third kappa shape index (κ3) is 8.21. The van der Waals surface area contributed by atoms with Gasteiger partial charge in [-0.3, -0.25) is 0 Å². The molecule has 0 fully saturated rings. The molecule has 24 heavy (non-hydrogen) atoms. The molecule has 0 aliphatic carbocycles. The molecular weight excluding hydrogens is 339 g/mol. The van der Waals surface area contributed by atoms with Gasteiger partial charge in [0.1, 0.15) is 6.54 Å². The Labute approximate surface area is 159 Å². The highest BCUT2D eigenvalue weighted by molar-refractivity contribution is 6.30. The molecule has 1 aliphatic heterocycles. The van der Waals surface area contributed by atoms with Crippen molar-refractivity contribution in [3.05, 3.63) is 53.5 Å². The minimum absolute atomic E-state index is 0. The number of aryl methyl sites for hydroxylation is 2. The first-order chi connectivity index (χ1) is 11.1. The van der Waals surface area contributed by atoms with Crippen molar-refractivity contribution in [2.45, 2.75) is 66.0 Å². The fourth-order valence-corrected chi connectivity index (χ4v) is 2.62. The Morgan fingerprint density at radius 3 is 2.50 bits per heavy atom. The lowest BCUT2D eigenvalue weighted by Crippen LogP contribution is -3.00. The molecule has 0 bridgehead atoms. The third-order valence-electron chi connectivity index (χ3n) is 4.12. The fourth-order valence-electron chi connectivity index (χ4n) is 2.42. The van der Waals surface area contributed by atoms with Gasteiger partial charge in [0.25, 0.3) is 0 Å². The summed E-state index contributed by atoms with van der Waals surface area (Å²) in [6.45, 7) is 11.0. The van der Waals surface area contributed by atoms with Gasteiger partial charge in [0.05, 0.1) is 6.04 Å². The average Bonchev–Trinajstić information content (AvgIpc) is 2.56. The van der Waals surface area contributed by atoms with E-state index in [0.717, 1.165) is 18.1 Å². The molecule has 1 unspecified atom stereocenters. The number of halogens is 2. The molecule has 2 rings (SSSR count). The summed E-state index contributed by atoms with van der Waals surface area (Å²) in [6.07, 6.45) is 13.2. The summed E-state index contributed by atoms with van der Waals surface area (Å²) in [5, 5.41) is 0.939. The van der Waals surface area contributed by atoms with Gasteiger partial charge in [-0.2, -0.15) is 0 Å². The largest absolute Gasteiger partial charge is 1.00 e. The summed E-state index contributed by atoms with van der Waals surface area (Å²) in [7, 11) is 0. The van der Waals surface area contributed by atoms with Gasteiger partial charge in [0.15, 0.2) is 11.9 Å². The first kappa shape index (κ1) is 23.0. The van der Waals surface area contributed by atoms with Crippen molar-refractivity contribution >= 4 is 11.6 Å². The number of allylic oxidation sites excluding steroid dienone is 2. The number of nitrogens with zero attached hydrogens (tertiary/aromatic N) is 2. The molecule has 0 N–H and O–H groups in total. The predicted octanol–water partition coefficient (Wildman–Crippen LogP) is 2.21. The van der Waals surface area contributed by atoms with Gasteiger partial charge in [-0.25, -0.2) is 4.57 Å². The average molecular weight is 371 g/mol. The Kier molecular flexibility index (Phi) is 12.8. The van der Waals surface area contributed by atoms with E-state index in [0.29, 0.717) is 6.04 Å². The molecule has 2 nitrogen and oxygen atoms in total. The lowest BCUT2D eigenvalue weighted by Gasteiger charge is -2.29. The van der Waals surface area contributed by atoms with E-state index in [2.05, 4.69) is 67.8 Å². The molecule has 0 radical (unpaired) electrons. The zero-order chi connectivity index (χ0) is 17.1. The van der Waals surface area contributed by atoms with Crippen LogP contribution in [0.15, 0.2) is 47.8 Å². The minimum atomic E-state index is 0. The molecule has 2 heterocycles. The highest BCUT2D eigenvalue weighted by Crippen LogP contribution is 2.19. The summed E-state index contributed by atoms with van der Waals surface area (Å²) in [6, 6.07) is 6.68. The van der Waals surface area contributed by atoms with Crippen LogP contribution < -0.4 is 17.0 Å². The quantitative estimate of drug-likeness (QED) is 0.696. The standard InChI is InChI=1S/C10H16ClN.C10H16N.ClH/c1-3-4-7-12-8-5-6-10(11)9(12)2;1-3-4-8-11-9-6-5-7-10(11)2;/h5-6,8-9H,3-4,7H2,1-2H3;5-7,9H,3-4,8H2,1-2H3;1H/q;+1;/p-1. The van der Waals surface area contributed by atoms with E-state index in [-0.39, 0.29) is 12.4 Å². The van der Waals surface area contributed by atoms with Crippen LogP contribution in [0.25, 0.3) is 0 Å². The number of aromatic nitrogens is 1. The van der Waals surface area contributed by atoms with Crippen LogP contribution in [0, 0.1) is 6.92 Å². The summed E-state index contributed by atoms with van der Waals surface area (Å²) in [4.78, 5) is 2.28. The van der Waals surface area contributed by atoms with Crippen molar-refractivity contribution in [2.75, 3.05) is 6.54 Å². The van der Waals surface area contributed by atoms with Gasteiger partial charge in [0.2, 0.25) is 0 Å². The van der Waals surface area contributed by atoms with E-state index < -0.39 is 0 Å². The Morgan fingerprint density at radius 2 is 1.88 bits per heavy atom. The van der Waals surface area contributed by atoms with Crippen molar-refractivity contribution in [2.24, 2.45) is 0 Å². The number of rotatable bonds is 6. The van der Waals surface area contributed by atoms with Crippen LogP contribution in [-0.4, -0.2) is 17.5 Å². The first-order valence-corrected chi connectivity index (χ1v) is 9.22. The lowest BCUT2D eigenvalue weighted by molar-refractivity contribution is -0.703. The molecule has 0 spiro atoms. The van der Waals surface area contributed by atoms with Crippen molar-refractivity contribution in [3.63, 3.8) is 0 Å². The van der Waals surface area contributed by atoms with Crippen LogP contribution in [-0.2, 0) is 6.54 Å². The zero-order valence-electron chi connectivity index (χ0n) is 15.5. The van der Waals surface area contributed by atoms with E-state index in [1.807, 2.05) is 12.2 Å². The Balaban J connectivity index is 0.000000425. The summed E-state index contributed by atoms with van der Waals surface area (Å²) >= 11 is 6.01. The van der Waals surface area contributed by atoms with Crippen molar-refractivity contribution in [1.82, 2.24) is 4.90 Å². The van der Waals surface area contributed by atoms with Crippen LogP contribution in [0.1, 0.15) is 52.1 Å². The Hall–Kier alpha value is -0.990. The molecule has 136 valence electrons. The zero-order valence-corrected chi connectivity index (χ0v) is 17.0. The smallest absolute Gasteiger partial charge is 0.178 e. The second-order valence-corrected chi connectivity index (χ2v) is 6.49. The van der Waals surface area contributed by atoms with Crippen molar-refractivity contribution in [1.29, 1.82) is 0 Å². The molecule has 0 saturated carbocycles. The summed E-state index contributed by atoms with van der Waals surface area (Å²) in [5.74, 6) is 0. The molecule has 0 saturated heterocycles. The number of pyridine rings is 1. The molecule has 0 aromatic carbocycles. The second kappa shape index (κ2) is 13.3. The van der Waals surface area contributed by atoms with Gasteiger partial charge >= 0.3 is 0 Å². The maximum Gasteiger partial charge on any atom is 0.178 e. The van der Waals surface area contributed by atoms with E-state index in [4.69, 9.17) is 11.6 Å². The van der Waals surface area contributed by atoms with Crippen molar-refractivity contribution in [3.8, 4) is 0 Å². The van der Waals surface area contributed by atoms with E-state index in [9.17, 15) is 0 Å². The SMILES string of the molecule is CCCCN1C=CC=C(Cl)C1C.CCCC[n+]1ccccc1C.[Cl-]. The van der Waals surface area contributed by atoms with Gasteiger partial charge in [0, 0.05) is 37.1 Å². The van der Waals surface area contributed by atoms with E-state index in [1.165, 1.54) is 31.4 Å². The molecule has 1 aliphatic rings. The lowest BCUT2D eigenvalue weighted by atomic mass is 10.2. The van der Waals surface area contributed by atoms with Gasteiger partial charge in [-0.1, -0.05) is 44.4 Å². The maximum atomic E-state index is 6.01. The summed E-state index contributed by atoms with van der Waals surface area (Å²) < 4.78 is 2.30. The third-order valence-corrected chi connectivity index (χ3v) is 4.56. The Morgan fingerprint density at radius 1 is 1.17 bits per heavy atom. The second-order valence-electron chi connectivity index (χ2n) is 6.05. The number of hydrogen-bond acceptors (Lipinski definition) is 1. The van der Waals surface area contributed by atoms with Crippen LogP contribution in [0.4, 0.5) is 0 Å². The van der Waals surface area contributed by atoms with Crippen LogP contribution in [0.2, 0.25) is 0 Å². The fraction of sp³-hybridized carbons (Fsp3) is 0.550. The normalized spacial score (nSPS) is 16.0. The van der Waals surface area contributed by atoms with Crippen LogP contribution in [0.5, 0.6) is 0 Å². The highest BCUT2D eigenvalue weighted by atomic mass is 35.5. The maximum absolute atomic E-state index is 6.01. The molecule has 0 amide bonds. The summed E-state index contributed by atoms with van der Waals surface area (Å²) in [5.41, 5.74) is 1.35. The monoisotopic (exact) mass is 370 g/mol. The van der Waals surface area contributed by atoms with E-state index >= 15 is 0 Å². The van der Waals surface area contributed by atoms with Crippen LogP contribution in [0.3, 0.4) is 0 Å². The Bertz CT molecular complexity index is 512. The van der Waals surface area contributed by atoms with Gasteiger partial charge in [-0.05, 0) is 31.7 Å². The van der Waals surface area contributed by atoms with Crippen LogP contribution >= 0.6 is 11.6 Å². The molecule has 1 aromatic rings.